The van der Waals surface area contributed by atoms with Crippen LogP contribution in [-0.4, -0.2) is 19.5 Å². The number of aromatic nitrogens is 4. The number of fused-ring (bicyclic) bond motifs is 1. The highest BCUT2D eigenvalue weighted by Gasteiger charge is 2.26. The van der Waals surface area contributed by atoms with Crippen molar-refractivity contribution in [3.05, 3.63) is 66.1 Å². The van der Waals surface area contributed by atoms with E-state index in [1.54, 1.807) is 18.3 Å². The predicted molar refractivity (Wildman–Crippen MR) is 115 cm³/mol. The van der Waals surface area contributed by atoms with Crippen LogP contribution in [0.5, 0.6) is 0 Å². The molecule has 2 aliphatic rings. The lowest BCUT2D eigenvalue weighted by molar-refractivity contribution is 0.766. The van der Waals surface area contributed by atoms with Gasteiger partial charge in [-0.1, -0.05) is 6.07 Å². The number of benzene rings is 1. The Morgan fingerprint density at radius 2 is 1.87 bits per heavy atom. The van der Waals surface area contributed by atoms with Crippen LogP contribution in [0.2, 0.25) is 0 Å². The van der Waals surface area contributed by atoms with Crippen LogP contribution in [-0.2, 0) is 0 Å². The van der Waals surface area contributed by atoms with E-state index in [4.69, 9.17) is 10.2 Å². The Hall–Kier alpha value is -3.72. The van der Waals surface area contributed by atoms with E-state index in [0.29, 0.717) is 23.3 Å². The molecule has 6 heteroatoms. The predicted octanol–water partition coefficient (Wildman–Crippen LogP) is 5.32. The molecule has 0 atom stereocenters. The van der Waals surface area contributed by atoms with Gasteiger partial charge in [-0.25, -0.2) is 15.0 Å². The summed E-state index contributed by atoms with van der Waals surface area (Å²) in [5.41, 5.74) is 6.06. The minimum absolute atomic E-state index is 0.572. The van der Waals surface area contributed by atoms with Gasteiger partial charge in [0.15, 0.2) is 0 Å². The van der Waals surface area contributed by atoms with Gasteiger partial charge in [-0.3, -0.25) is 0 Å². The first-order valence-electron chi connectivity index (χ1n) is 10.4. The molecule has 2 aliphatic carbocycles. The molecular formula is C24H20N6. The molecule has 30 heavy (non-hydrogen) atoms. The summed E-state index contributed by atoms with van der Waals surface area (Å²) in [5.74, 6) is 1.98. The van der Waals surface area contributed by atoms with E-state index in [1.807, 2.05) is 6.33 Å². The monoisotopic (exact) mass is 392 g/mol. The first-order chi connectivity index (χ1) is 14.8. The van der Waals surface area contributed by atoms with E-state index in [0.717, 1.165) is 22.6 Å². The highest BCUT2D eigenvalue weighted by Crippen LogP contribution is 2.42. The molecule has 3 heterocycles. The maximum Gasteiger partial charge on any atom is 0.132 e. The van der Waals surface area contributed by atoms with E-state index in [2.05, 4.69) is 56.3 Å². The van der Waals surface area contributed by atoms with Crippen LogP contribution < -0.4 is 5.32 Å². The Balaban J connectivity index is 1.39. The molecule has 6 rings (SSSR count). The number of rotatable bonds is 5. The van der Waals surface area contributed by atoms with Crippen LogP contribution in [0.15, 0.2) is 55.0 Å². The van der Waals surface area contributed by atoms with Gasteiger partial charge in [0, 0.05) is 17.8 Å². The second-order valence-electron chi connectivity index (χ2n) is 8.20. The molecule has 6 nitrogen and oxygen atoms in total. The van der Waals surface area contributed by atoms with Crippen LogP contribution in [0.25, 0.3) is 22.3 Å². The molecule has 3 aromatic heterocycles. The van der Waals surface area contributed by atoms with Gasteiger partial charge in [-0.15, -0.1) is 0 Å². The van der Waals surface area contributed by atoms with Gasteiger partial charge in [0.2, 0.25) is 0 Å². The molecule has 0 saturated heterocycles. The summed E-state index contributed by atoms with van der Waals surface area (Å²) in [6, 6.07) is 16.9. The van der Waals surface area contributed by atoms with Crippen LogP contribution in [0.3, 0.4) is 0 Å². The summed E-state index contributed by atoms with van der Waals surface area (Å²) in [5, 5.41) is 12.4. The van der Waals surface area contributed by atoms with E-state index >= 15 is 0 Å². The summed E-state index contributed by atoms with van der Waals surface area (Å²) >= 11 is 0. The zero-order chi connectivity index (χ0) is 20.1. The van der Waals surface area contributed by atoms with Crippen LogP contribution in [0.4, 0.5) is 11.6 Å². The normalized spacial score (nSPS) is 15.8. The van der Waals surface area contributed by atoms with Gasteiger partial charge >= 0.3 is 0 Å². The van der Waals surface area contributed by atoms with Gasteiger partial charge in [0.25, 0.3) is 0 Å². The van der Waals surface area contributed by atoms with Crippen molar-refractivity contribution in [2.24, 2.45) is 0 Å². The highest BCUT2D eigenvalue weighted by molar-refractivity contribution is 5.82. The zero-order valence-corrected chi connectivity index (χ0v) is 16.4. The van der Waals surface area contributed by atoms with E-state index in [9.17, 15) is 0 Å². The molecule has 1 aromatic carbocycles. The lowest BCUT2D eigenvalue weighted by Crippen LogP contribution is -1.99. The first kappa shape index (κ1) is 17.2. The summed E-state index contributed by atoms with van der Waals surface area (Å²) in [6.07, 6.45) is 8.52. The Morgan fingerprint density at radius 1 is 0.967 bits per heavy atom. The van der Waals surface area contributed by atoms with Crippen LogP contribution >= 0.6 is 0 Å². The van der Waals surface area contributed by atoms with Gasteiger partial charge < -0.3 is 9.88 Å². The molecule has 0 amide bonds. The molecule has 2 fully saturated rings. The summed E-state index contributed by atoms with van der Waals surface area (Å²) in [4.78, 5) is 13.8. The molecule has 0 radical (unpaired) electrons. The number of nitriles is 1. The molecule has 0 spiro atoms. The van der Waals surface area contributed by atoms with Crippen molar-refractivity contribution in [3.63, 3.8) is 0 Å². The van der Waals surface area contributed by atoms with Crippen molar-refractivity contribution in [3.8, 4) is 17.3 Å². The second kappa shape index (κ2) is 6.67. The smallest absolute Gasteiger partial charge is 0.132 e. The van der Waals surface area contributed by atoms with Gasteiger partial charge in [0.1, 0.15) is 11.6 Å². The third kappa shape index (κ3) is 3.18. The SMILES string of the molecule is N#Cc1ccnc(Nc2cc(C3CC3)cc(-c3ccc4c(c3)ncn4C3CC3)n2)c1. The van der Waals surface area contributed by atoms with E-state index in [-0.39, 0.29) is 0 Å². The fourth-order valence-electron chi connectivity index (χ4n) is 3.95. The van der Waals surface area contributed by atoms with E-state index < -0.39 is 0 Å². The quantitative estimate of drug-likeness (QED) is 0.497. The standard InChI is InChI=1S/C24H20N6/c25-13-15-7-8-26-23(9-15)29-24-12-18(16-1-2-16)11-20(28-24)17-3-6-22-21(10-17)27-14-30(22)19-4-5-19/h3,6-12,14,16,19H,1-2,4-5H2,(H,26,28,29). The van der Waals surface area contributed by atoms with Crippen LogP contribution in [0.1, 0.15) is 48.8 Å². The Labute approximate surface area is 174 Å². The maximum absolute atomic E-state index is 9.14. The molecular weight excluding hydrogens is 372 g/mol. The molecule has 0 unspecified atom stereocenters. The number of anilines is 2. The Bertz CT molecular complexity index is 1310. The molecule has 2 saturated carbocycles. The zero-order valence-electron chi connectivity index (χ0n) is 16.4. The summed E-state index contributed by atoms with van der Waals surface area (Å²) < 4.78 is 2.29. The number of imidazole rings is 1. The van der Waals surface area contributed by atoms with Crippen molar-refractivity contribution in [2.45, 2.75) is 37.6 Å². The van der Waals surface area contributed by atoms with E-state index in [1.165, 1.54) is 36.8 Å². The van der Waals surface area contributed by atoms with Gasteiger partial charge in [0.05, 0.1) is 34.7 Å². The molecule has 0 aliphatic heterocycles. The lowest BCUT2D eigenvalue weighted by Gasteiger charge is -2.11. The lowest BCUT2D eigenvalue weighted by atomic mass is 10.1. The second-order valence-corrected chi connectivity index (χ2v) is 8.20. The van der Waals surface area contributed by atoms with Gasteiger partial charge in [-0.05, 0) is 73.6 Å². The molecule has 4 aromatic rings. The fraction of sp³-hybridized carbons (Fsp3) is 0.250. The van der Waals surface area contributed by atoms with Crippen molar-refractivity contribution >= 4 is 22.7 Å². The third-order valence-electron chi connectivity index (χ3n) is 5.85. The minimum Gasteiger partial charge on any atom is -0.327 e. The van der Waals surface area contributed by atoms with Crippen molar-refractivity contribution < 1.29 is 0 Å². The largest absolute Gasteiger partial charge is 0.327 e. The molecule has 146 valence electrons. The highest BCUT2D eigenvalue weighted by atomic mass is 15.1. The average molecular weight is 392 g/mol. The number of nitrogens with one attached hydrogen (secondary N) is 1. The number of hydrogen-bond donors (Lipinski definition) is 1. The number of pyridine rings is 2. The number of hydrogen-bond acceptors (Lipinski definition) is 5. The summed E-state index contributed by atoms with van der Waals surface area (Å²) in [7, 11) is 0. The maximum atomic E-state index is 9.14. The first-order valence-corrected chi connectivity index (χ1v) is 10.4. The number of nitrogens with zero attached hydrogens (tertiary/aromatic N) is 5. The average Bonchev–Trinajstić information content (AvgIpc) is 3.71. The Kier molecular flexibility index (Phi) is 3.81. The van der Waals surface area contributed by atoms with Crippen molar-refractivity contribution in [1.82, 2.24) is 19.5 Å². The Morgan fingerprint density at radius 3 is 2.67 bits per heavy atom. The topological polar surface area (TPSA) is 79.4 Å². The van der Waals surface area contributed by atoms with Gasteiger partial charge in [-0.2, -0.15) is 5.26 Å². The van der Waals surface area contributed by atoms with Crippen LogP contribution in [0, 0.1) is 11.3 Å². The molecule has 0 bridgehead atoms. The fourth-order valence-corrected chi connectivity index (χ4v) is 3.95. The third-order valence-corrected chi connectivity index (χ3v) is 5.85. The minimum atomic E-state index is 0.572. The van der Waals surface area contributed by atoms with Crippen molar-refractivity contribution in [1.29, 1.82) is 5.26 Å². The summed E-state index contributed by atoms with van der Waals surface area (Å²) in [6.45, 7) is 0. The molecule has 1 N–H and O–H groups in total. The van der Waals surface area contributed by atoms with Crippen molar-refractivity contribution in [2.75, 3.05) is 5.32 Å².